The first-order valence-electron chi connectivity index (χ1n) is 9.66. The maximum Gasteiger partial charge on any atom is 0.263 e. The number of aromatic nitrogens is 1. The second-order valence-electron chi connectivity index (χ2n) is 8.53. The normalized spacial score (nSPS) is 36.8. The molecule has 3 aliphatic heterocycles. The Labute approximate surface area is 153 Å². The molecular formula is C19H27N3O2S. The molecule has 2 bridgehead atoms. The van der Waals surface area contributed by atoms with Crippen molar-refractivity contribution in [3.05, 3.63) is 15.6 Å². The van der Waals surface area contributed by atoms with Gasteiger partial charge in [-0.15, -0.1) is 11.3 Å². The first-order chi connectivity index (χ1) is 12.0. The van der Waals surface area contributed by atoms with Crippen LogP contribution in [0.4, 0.5) is 0 Å². The molecule has 1 saturated carbocycles. The van der Waals surface area contributed by atoms with Crippen molar-refractivity contribution in [3.8, 4) is 0 Å². The van der Waals surface area contributed by atoms with E-state index in [1.54, 1.807) is 0 Å². The Kier molecular flexibility index (Phi) is 3.74. The van der Waals surface area contributed by atoms with E-state index in [2.05, 4.69) is 15.2 Å². The summed E-state index contributed by atoms with van der Waals surface area (Å²) in [6.07, 6.45) is 5.53. The molecule has 0 unspecified atom stereocenters. The number of carbonyl (C=O) groups excluding carboxylic acids is 1. The Morgan fingerprint density at radius 3 is 2.96 bits per heavy atom. The summed E-state index contributed by atoms with van der Waals surface area (Å²) in [6, 6.07) is 0. The van der Waals surface area contributed by atoms with E-state index in [0.29, 0.717) is 17.9 Å². The average Bonchev–Trinajstić information content (AvgIpc) is 2.90. The van der Waals surface area contributed by atoms with E-state index in [-0.39, 0.29) is 11.5 Å². The summed E-state index contributed by atoms with van der Waals surface area (Å²) in [7, 11) is 0. The molecule has 1 aromatic heterocycles. The van der Waals surface area contributed by atoms with Gasteiger partial charge in [-0.25, -0.2) is 4.98 Å². The molecule has 0 radical (unpaired) electrons. The zero-order chi connectivity index (χ0) is 17.2. The number of carbonyl (C=O) groups is 1. The highest BCUT2D eigenvalue weighted by atomic mass is 32.1. The molecule has 4 atom stereocenters. The second-order valence-corrected chi connectivity index (χ2v) is 9.73. The van der Waals surface area contributed by atoms with Gasteiger partial charge in [-0.05, 0) is 45.4 Å². The Morgan fingerprint density at radius 1 is 1.40 bits per heavy atom. The Bertz CT molecular complexity index is 701. The van der Waals surface area contributed by atoms with Crippen molar-refractivity contribution in [2.24, 2.45) is 17.8 Å². The minimum Gasteiger partial charge on any atom is -0.370 e. The van der Waals surface area contributed by atoms with Gasteiger partial charge in [0.2, 0.25) is 0 Å². The van der Waals surface area contributed by atoms with E-state index in [1.807, 2.05) is 13.8 Å². The van der Waals surface area contributed by atoms with Crippen LogP contribution in [0.25, 0.3) is 0 Å². The fourth-order valence-corrected chi connectivity index (χ4v) is 6.23. The predicted molar refractivity (Wildman–Crippen MR) is 96.9 cm³/mol. The second kappa shape index (κ2) is 5.76. The lowest BCUT2D eigenvalue weighted by Gasteiger charge is -2.29. The number of nitrogens with zero attached hydrogens (tertiary/aromatic N) is 2. The number of amides is 1. The Hall–Kier alpha value is -0.980. The van der Waals surface area contributed by atoms with E-state index >= 15 is 0 Å². The van der Waals surface area contributed by atoms with Crippen LogP contribution in [0.15, 0.2) is 0 Å². The first-order valence-corrected chi connectivity index (χ1v) is 10.5. The van der Waals surface area contributed by atoms with E-state index in [0.717, 1.165) is 47.6 Å². The minimum absolute atomic E-state index is 0.0350. The summed E-state index contributed by atoms with van der Waals surface area (Å²) in [5, 5.41) is 4.15. The molecule has 6 heteroatoms. The van der Waals surface area contributed by atoms with Gasteiger partial charge < -0.3 is 10.1 Å². The smallest absolute Gasteiger partial charge is 0.263 e. The quantitative estimate of drug-likeness (QED) is 0.875. The molecule has 1 N–H and O–H groups in total. The molecule has 136 valence electrons. The third kappa shape index (κ3) is 2.73. The topological polar surface area (TPSA) is 54.5 Å². The van der Waals surface area contributed by atoms with Crippen LogP contribution in [0, 0.1) is 31.6 Å². The van der Waals surface area contributed by atoms with Gasteiger partial charge in [-0.1, -0.05) is 0 Å². The largest absolute Gasteiger partial charge is 0.370 e. The highest BCUT2D eigenvalue weighted by Gasteiger charge is 2.62. The van der Waals surface area contributed by atoms with Crippen LogP contribution in [0.2, 0.25) is 0 Å². The number of likely N-dealkylation sites (tertiary alicyclic amines) is 1. The molecule has 1 aromatic rings. The lowest BCUT2D eigenvalue weighted by atomic mass is 9.73. The molecule has 1 aliphatic carbocycles. The summed E-state index contributed by atoms with van der Waals surface area (Å²) in [4.78, 5) is 20.3. The summed E-state index contributed by atoms with van der Waals surface area (Å²) in [5.74, 6) is 2.03. The lowest BCUT2D eigenvalue weighted by molar-refractivity contribution is 0.00244. The standard InChI is InChI=1S/C19H27N3O2S/c1-11-17(25-12(2)21-11)18(23)20-7-14-15-9-22(8-13-3-4-13)10-19(15)6-5-16(14)24-19/h13-16H,3-10H2,1-2H3,(H,20,23)/t14-,15+,16+,19+/m0/s1. The predicted octanol–water partition coefficient (Wildman–Crippen LogP) is 2.38. The average molecular weight is 362 g/mol. The zero-order valence-electron chi connectivity index (χ0n) is 15.1. The van der Waals surface area contributed by atoms with E-state index in [1.165, 1.54) is 37.1 Å². The van der Waals surface area contributed by atoms with Crippen LogP contribution in [-0.4, -0.2) is 53.7 Å². The SMILES string of the molecule is Cc1nc(C)c(C(=O)NC[C@H]2[C@H]3CN(CC4CC4)C[C@]34CC[C@H]2O4)s1. The van der Waals surface area contributed by atoms with Crippen molar-refractivity contribution in [1.82, 2.24) is 15.2 Å². The summed E-state index contributed by atoms with van der Waals surface area (Å²) in [6.45, 7) is 8.14. The van der Waals surface area contributed by atoms with Gasteiger partial charge in [0.25, 0.3) is 5.91 Å². The highest BCUT2D eigenvalue weighted by molar-refractivity contribution is 7.13. The van der Waals surface area contributed by atoms with Crippen molar-refractivity contribution in [1.29, 1.82) is 0 Å². The molecule has 5 rings (SSSR count). The van der Waals surface area contributed by atoms with Crippen molar-refractivity contribution in [2.45, 2.75) is 51.2 Å². The van der Waals surface area contributed by atoms with Crippen LogP contribution < -0.4 is 5.32 Å². The molecule has 4 aliphatic rings. The fourth-order valence-electron chi connectivity index (χ4n) is 5.40. The molecule has 0 aromatic carbocycles. The summed E-state index contributed by atoms with van der Waals surface area (Å²) in [5.41, 5.74) is 0.934. The lowest BCUT2D eigenvalue weighted by Crippen LogP contribution is -2.41. The molecule has 3 saturated heterocycles. The van der Waals surface area contributed by atoms with E-state index in [9.17, 15) is 4.79 Å². The van der Waals surface area contributed by atoms with Gasteiger partial charge in [-0.3, -0.25) is 9.69 Å². The number of thiazole rings is 1. The molecule has 25 heavy (non-hydrogen) atoms. The van der Waals surface area contributed by atoms with Gasteiger partial charge in [0.05, 0.1) is 22.4 Å². The Balaban J connectivity index is 1.25. The van der Waals surface area contributed by atoms with Gasteiger partial charge in [0.1, 0.15) is 4.88 Å². The minimum atomic E-state index is 0.0350. The van der Waals surface area contributed by atoms with E-state index < -0.39 is 0 Å². The molecule has 4 heterocycles. The van der Waals surface area contributed by atoms with Gasteiger partial charge in [0.15, 0.2) is 0 Å². The van der Waals surface area contributed by atoms with Gasteiger partial charge in [0, 0.05) is 38.0 Å². The number of hydrogen-bond donors (Lipinski definition) is 1. The maximum atomic E-state index is 12.6. The number of fused-ring (bicyclic) bond motifs is 1. The summed E-state index contributed by atoms with van der Waals surface area (Å²) < 4.78 is 6.49. The maximum absolute atomic E-state index is 12.6. The van der Waals surface area contributed by atoms with Crippen LogP contribution in [0.1, 0.15) is 46.1 Å². The third-order valence-corrected chi connectivity index (χ3v) is 7.75. The van der Waals surface area contributed by atoms with Crippen molar-refractivity contribution >= 4 is 17.2 Å². The highest BCUT2D eigenvalue weighted by Crippen LogP contribution is 2.55. The monoisotopic (exact) mass is 361 g/mol. The first kappa shape index (κ1) is 16.2. The number of nitrogens with one attached hydrogen (secondary N) is 1. The molecule has 4 fully saturated rings. The Morgan fingerprint density at radius 2 is 2.24 bits per heavy atom. The summed E-state index contributed by atoms with van der Waals surface area (Å²) >= 11 is 1.49. The number of hydrogen-bond acceptors (Lipinski definition) is 5. The van der Waals surface area contributed by atoms with E-state index in [4.69, 9.17) is 4.74 Å². The van der Waals surface area contributed by atoms with Crippen molar-refractivity contribution in [2.75, 3.05) is 26.2 Å². The molecule has 5 nitrogen and oxygen atoms in total. The van der Waals surface area contributed by atoms with Crippen molar-refractivity contribution < 1.29 is 9.53 Å². The fraction of sp³-hybridized carbons (Fsp3) is 0.789. The molecular weight excluding hydrogens is 334 g/mol. The molecule has 1 spiro atoms. The van der Waals surface area contributed by atoms with Gasteiger partial charge in [-0.2, -0.15) is 0 Å². The van der Waals surface area contributed by atoms with Crippen LogP contribution in [0.3, 0.4) is 0 Å². The number of ether oxygens (including phenoxy) is 1. The van der Waals surface area contributed by atoms with Crippen LogP contribution in [0.5, 0.6) is 0 Å². The van der Waals surface area contributed by atoms with Crippen molar-refractivity contribution in [3.63, 3.8) is 0 Å². The number of rotatable bonds is 5. The molecule has 1 amide bonds. The third-order valence-electron chi connectivity index (χ3n) is 6.68. The number of aryl methyl sites for hydroxylation is 2. The van der Waals surface area contributed by atoms with Crippen LogP contribution in [-0.2, 0) is 4.74 Å². The van der Waals surface area contributed by atoms with Crippen LogP contribution >= 0.6 is 11.3 Å². The van der Waals surface area contributed by atoms with Gasteiger partial charge >= 0.3 is 0 Å². The zero-order valence-corrected chi connectivity index (χ0v) is 15.9.